The van der Waals surface area contributed by atoms with Gasteiger partial charge in [-0.15, -0.1) is 0 Å². The number of halogens is 1. The van der Waals surface area contributed by atoms with E-state index in [1.165, 1.54) is 0 Å². The molecule has 3 rings (SSSR count). The third kappa shape index (κ3) is 1.28. The van der Waals surface area contributed by atoms with Crippen LogP contribution in [0.1, 0.15) is 23.2 Å². The summed E-state index contributed by atoms with van der Waals surface area (Å²) in [6.07, 6.45) is 0.613. The van der Waals surface area contributed by atoms with Gasteiger partial charge in [0.05, 0.1) is 11.3 Å². The number of rotatable bonds is 0. The summed E-state index contributed by atoms with van der Waals surface area (Å²) < 4.78 is 6.01. The summed E-state index contributed by atoms with van der Waals surface area (Å²) >= 11 is 3.29. The van der Waals surface area contributed by atoms with E-state index >= 15 is 0 Å². The van der Waals surface area contributed by atoms with Crippen LogP contribution in [0, 0.1) is 0 Å². The summed E-state index contributed by atoms with van der Waals surface area (Å²) in [4.78, 5) is 25.0. The van der Waals surface area contributed by atoms with Crippen molar-refractivity contribution in [3.8, 4) is 0 Å². The zero-order chi connectivity index (χ0) is 11.3. The van der Waals surface area contributed by atoms with Crippen LogP contribution in [-0.2, 0) is 9.53 Å². The van der Waals surface area contributed by atoms with Crippen molar-refractivity contribution in [2.24, 2.45) is 0 Å². The van der Waals surface area contributed by atoms with Crippen molar-refractivity contribution in [3.05, 3.63) is 28.2 Å². The predicted octanol–water partition coefficient (Wildman–Crippen LogP) is 2.07. The molecule has 1 aromatic rings. The molecule has 0 saturated carbocycles. The highest BCUT2D eigenvalue weighted by Crippen LogP contribution is 2.36. The molecule has 1 amide bonds. The van der Waals surface area contributed by atoms with Crippen molar-refractivity contribution in [3.63, 3.8) is 0 Å². The summed E-state index contributed by atoms with van der Waals surface area (Å²) in [6, 6.07) is 5.27. The van der Waals surface area contributed by atoms with Gasteiger partial charge in [-0.05, 0) is 18.2 Å². The lowest BCUT2D eigenvalue weighted by Crippen LogP contribution is -2.41. The average Bonchev–Trinajstić information content (AvgIpc) is 2.61. The van der Waals surface area contributed by atoms with Gasteiger partial charge in [0.2, 0.25) is 5.91 Å². The third-order valence-electron chi connectivity index (χ3n) is 2.84. The summed E-state index contributed by atoms with van der Waals surface area (Å²) in [6.45, 7) is 0. The number of carbonyl (C=O) groups is 2. The van der Waals surface area contributed by atoms with Gasteiger partial charge >= 0.3 is 5.97 Å². The highest BCUT2D eigenvalue weighted by Gasteiger charge is 2.40. The Labute approximate surface area is 100 Å². The van der Waals surface area contributed by atoms with Gasteiger partial charge in [-0.2, -0.15) is 0 Å². The van der Waals surface area contributed by atoms with Crippen LogP contribution in [0.2, 0.25) is 0 Å². The van der Waals surface area contributed by atoms with E-state index in [-0.39, 0.29) is 11.9 Å². The van der Waals surface area contributed by atoms with E-state index in [0.29, 0.717) is 24.1 Å². The van der Waals surface area contributed by atoms with E-state index in [1.807, 2.05) is 6.07 Å². The first-order valence-electron chi connectivity index (χ1n) is 4.99. The summed E-state index contributed by atoms with van der Waals surface area (Å²) in [5, 5.41) is 0. The van der Waals surface area contributed by atoms with Crippen LogP contribution in [0.3, 0.4) is 0 Å². The molecule has 5 heteroatoms. The Balaban J connectivity index is 2.18. The average molecular weight is 282 g/mol. The van der Waals surface area contributed by atoms with E-state index in [2.05, 4.69) is 15.9 Å². The van der Waals surface area contributed by atoms with Gasteiger partial charge in [0.1, 0.15) is 0 Å². The monoisotopic (exact) mass is 281 g/mol. The van der Waals surface area contributed by atoms with Crippen LogP contribution < -0.4 is 4.90 Å². The number of ether oxygens (including phenoxy) is 1. The van der Waals surface area contributed by atoms with Crippen molar-refractivity contribution in [1.29, 1.82) is 0 Å². The molecule has 2 aliphatic heterocycles. The number of esters is 1. The molecule has 0 bridgehead atoms. The second kappa shape index (κ2) is 3.31. The smallest absolute Gasteiger partial charge is 0.342 e. The fourth-order valence-corrected chi connectivity index (χ4v) is 2.49. The van der Waals surface area contributed by atoms with Crippen LogP contribution in [-0.4, -0.2) is 18.1 Å². The Hall–Kier alpha value is -1.36. The first kappa shape index (κ1) is 9.84. The summed E-state index contributed by atoms with van der Waals surface area (Å²) in [5.41, 5.74) is 1.10. The molecule has 4 nitrogen and oxygen atoms in total. The van der Waals surface area contributed by atoms with Gasteiger partial charge in [-0.3, -0.25) is 9.69 Å². The van der Waals surface area contributed by atoms with Gasteiger partial charge in [0.25, 0.3) is 0 Å². The van der Waals surface area contributed by atoms with Crippen molar-refractivity contribution < 1.29 is 14.3 Å². The van der Waals surface area contributed by atoms with Crippen molar-refractivity contribution in [1.82, 2.24) is 0 Å². The Bertz CT molecular complexity index is 500. The second-order valence-corrected chi connectivity index (χ2v) is 4.74. The molecule has 82 valence electrons. The van der Waals surface area contributed by atoms with Crippen LogP contribution in [0.25, 0.3) is 0 Å². The standard InChI is InChI=1S/C11H8BrNO3/c12-6-1-2-8-7(5-6)11(15)16-10-4-3-9(14)13(8)10/h1-2,5,10H,3-4H2. The highest BCUT2D eigenvalue weighted by atomic mass is 79.9. The highest BCUT2D eigenvalue weighted by molar-refractivity contribution is 9.10. The molecule has 1 atom stereocenters. The number of amides is 1. The van der Waals surface area contributed by atoms with Gasteiger partial charge in [-0.25, -0.2) is 4.79 Å². The van der Waals surface area contributed by atoms with Gasteiger partial charge < -0.3 is 4.74 Å². The minimum absolute atomic E-state index is 0.0149. The fraction of sp³-hybridized carbons (Fsp3) is 0.273. The normalized spacial score (nSPS) is 22.8. The maximum absolute atomic E-state index is 11.7. The summed E-state index contributed by atoms with van der Waals surface area (Å²) in [7, 11) is 0. The molecule has 1 aromatic carbocycles. The van der Waals surface area contributed by atoms with E-state index in [0.717, 1.165) is 4.47 Å². The zero-order valence-electron chi connectivity index (χ0n) is 8.27. The lowest BCUT2D eigenvalue weighted by atomic mass is 10.1. The number of hydrogen-bond donors (Lipinski definition) is 0. The van der Waals surface area contributed by atoms with E-state index < -0.39 is 6.23 Å². The molecular weight excluding hydrogens is 274 g/mol. The number of nitrogens with zero attached hydrogens (tertiary/aromatic N) is 1. The van der Waals surface area contributed by atoms with E-state index in [4.69, 9.17) is 4.74 Å². The minimum atomic E-state index is -0.409. The number of hydrogen-bond acceptors (Lipinski definition) is 3. The molecule has 0 N–H and O–H groups in total. The largest absolute Gasteiger partial charge is 0.437 e. The quantitative estimate of drug-likeness (QED) is 0.684. The molecule has 1 unspecified atom stereocenters. The van der Waals surface area contributed by atoms with E-state index in [9.17, 15) is 9.59 Å². The molecule has 16 heavy (non-hydrogen) atoms. The Morgan fingerprint density at radius 2 is 2.19 bits per heavy atom. The van der Waals surface area contributed by atoms with Crippen molar-refractivity contribution >= 4 is 33.5 Å². The number of benzene rings is 1. The van der Waals surface area contributed by atoms with Crippen LogP contribution in [0.15, 0.2) is 22.7 Å². The van der Waals surface area contributed by atoms with Gasteiger partial charge in [0, 0.05) is 17.3 Å². The SMILES string of the molecule is O=C1OC2CCC(=O)N2c2ccc(Br)cc21. The molecule has 0 radical (unpaired) electrons. The Kier molecular flexibility index (Phi) is 2.04. The molecule has 0 aromatic heterocycles. The lowest BCUT2D eigenvalue weighted by molar-refractivity contribution is -0.117. The fourth-order valence-electron chi connectivity index (χ4n) is 2.13. The van der Waals surface area contributed by atoms with E-state index in [1.54, 1.807) is 17.0 Å². The topological polar surface area (TPSA) is 46.6 Å². The number of anilines is 1. The maximum atomic E-state index is 11.7. The van der Waals surface area contributed by atoms with Crippen LogP contribution in [0.4, 0.5) is 5.69 Å². The van der Waals surface area contributed by atoms with Gasteiger partial charge in [0.15, 0.2) is 6.23 Å². The zero-order valence-corrected chi connectivity index (χ0v) is 9.86. The second-order valence-electron chi connectivity index (χ2n) is 3.82. The third-order valence-corrected chi connectivity index (χ3v) is 3.34. The van der Waals surface area contributed by atoms with Crippen LogP contribution in [0.5, 0.6) is 0 Å². The Morgan fingerprint density at radius 3 is 3.00 bits per heavy atom. The predicted molar refractivity (Wildman–Crippen MR) is 60.1 cm³/mol. The molecule has 2 aliphatic rings. The number of fused-ring (bicyclic) bond motifs is 3. The van der Waals surface area contributed by atoms with Gasteiger partial charge in [-0.1, -0.05) is 15.9 Å². The number of carbonyl (C=O) groups excluding carboxylic acids is 2. The first-order valence-corrected chi connectivity index (χ1v) is 5.79. The molecular formula is C11H8BrNO3. The minimum Gasteiger partial charge on any atom is -0.437 e. The molecule has 2 heterocycles. The maximum Gasteiger partial charge on any atom is 0.342 e. The lowest BCUT2D eigenvalue weighted by Gasteiger charge is -2.30. The molecule has 1 saturated heterocycles. The van der Waals surface area contributed by atoms with Crippen molar-refractivity contribution in [2.75, 3.05) is 4.90 Å². The Morgan fingerprint density at radius 1 is 1.38 bits per heavy atom. The first-order chi connectivity index (χ1) is 7.66. The molecule has 0 aliphatic carbocycles. The summed E-state index contributed by atoms with van der Waals surface area (Å²) in [5.74, 6) is -0.340. The molecule has 1 fully saturated rings. The van der Waals surface area contributed by atoms with Crippen molar-refractivity contribution in [2.45, 2.75) is 19.1 Å². The van der Waals surface area contributed by atoms with Crippen LogP contribution >= 0.6 is 15.9 Å². The molecule has 0 spiro atoms.